The number of benzene rings is 2. The third kappa shape index (κ3) is 5.54. The number of rotatable bonds is 9. The van der Waals surface area contributed by atoms with Crippen LogP contribution in [-0.2, 0) is 4.79 Å². The van der Waals surface area contributed by atoms with Gasteiger partial charge in [-0.25, -0.2) is 4.79 Å². The molecule has 0 fully saturated rings. The first-order valence-electron chi connectivity index (χ1n) is 8.85. The summed E-state index contributed by atoms with van der Waals surface area (Å²) in [5.74, 6) is -0.0110. The van der Waals surface area contributed by atoms with E-state index >= 15 is 0 Å². The summed E-state index contributed by atoms with van der Waals surface area (Å²) in [6, 6.07) is 10.6. The molecule has 0 heterocycles. The summed E-state index contributed by atoms with van der Waals surface area (Å²) in [6.07, 6.45) is -0.0628. The Labute approximate surface area is 163 Å². The number of hydrogen-bond acceptors (Lipinski definition) is 6. The summed E-state index contributed by atoms with van der Waals surface area (Å²) in [5, 5.41) is 24.4. The van der Waals surface area contributed by atoms with Crippen molar-refractivity contribution in [3.63, 3.8) is 0 Å². The largest absolute Gasteiger partial charge is 0.494 e. The predicted molar refractivity (Wildman–Crippen MR) is 106 cm³/mol. The van der Waals surface area contributed by atoms with Crippen molar-refractivity contribution in [2.45, 2.75) is 32.9 Å². The van der Waals surface area contributed by atoms with Crippen LogP contribution in [0.4, 0.5) is 5.69 Å². The molecule has 2 rings (SSSR count). The molecule has 0 spiro atoms. The molecular weight excluding hydrogens is 362 g/mol. The Balaban J connectivity index is 2.34. The number of nitrogens with two attached hydrogens (primary N) is 1. The maximum atomic E-state index is 11.9. The van der Waals surface area contributed by atoms with Crippen LogP contribution in [0.15, 0.2) is 47.6 Å². The molecule has 8 heteroatoms. The van der Waals surface area contributed by atoms with E-state index in [0.717, 1.165) is 0 Å². The molecule has 0 saturated heterocycles. The normalized spacial score (nSPS) is 12.5. The fraction of sp³-hybridized carbons (Fsp3) is 0.300. The van der Waals surface area contributed by atoms with Crippen LogP contribution in [-0.4, -0.2) is 34.8 Å². The van der Waals surface area contributed by atoms with Gasteiger partial charge in [-0.2, -0.15) is 0 Å². The van der Waals surface area contributed by atoms with Gasteiger partial charge in [0.2, 0.25) is 0 Å². The Kier molecular flexibility index (Phi) is 7.08. The number of anilines is 1. The van der Waals surface area contributed by atoms with Crippen molar-refractivity contribution in [1.29, 1.82) is 0 Å². The average Bonchev–Trinajstić information content (AvgIpc) is 2.65. The number of carboxylic acids is 1. The molecule has 0 aliphatic carbocycles. The highest BCUT2D eigenvalue weighted by Gasteiger charge is 2.22. The fourth-order valence-corrected chi connectivity index (χ4v) is 2.60. The number of nitrogens with zero attached hydrogens (tertiary/aromatic N) is 1. The second-order valence-corrected chi connectivity index (χ2v) is 6.32. The maximum absolute atomic E-state index is 11.9. The topological polar surface area (TPSA) is 126 Å². The molecular formula is C20H25N3O5. The highest BCUT2D eigenvalue weighted by molar-refractivity contribution is 5.97. The number of hydrogen-bond donors (Lipinski definition) is 4. The Morgan fingerprint density at radius 3 is 2.36 bits per heavy atom. The van der Waals surface area contributed by atoms with Crippen LogP contribution in [0.2, 0.25) is 0 Å². The number of nitrogens with one attached hydrogen (secondary N) is 1. The minimum Gasteiger partial charge on any atom is -0.494 e. The van der Waals surface area contributed by atoms with Crippen LogP contribution < -0.4 is 20.5 Å². The highest BCUT2D eigenvalue weighted by atomic mass is 16.5. The van der Waals surface area contributed by atoms with Crippen molar-refractivity contribution in [1.82, 2.24) is 0 Å². The van der Waals surface area contributed by atoms with Crippen molar-refractivity contribution < 1.29 is 24.6 Å². The lowest BCUT2D eigenvalue weighted by Crippen LogP contribution is -2.21. The molecule has 1 unspecified atom stereocenters. The van der Waals surface area contributed by atoms with E-state index < -0.39 is 12.0 Å². The van der Waals surface area contributed by atoms with Crippen molar-refractivity contribution in [2.75, 3.05) is 11.9 Å². The fourth-order valence-electron chi connectivity index (χ4n) is 2.60. The molecule has 28 heavy (non-hydrogen) atoms. The maximum Gasteiger partial charge on any atom is 0.330 e. The van der Waals surface area contributed by atoms with E-state index in [1.165, 1.54) is 0 Å². The summed E-state index contributed by atoms with van der Waals surface area (Å²) in [4.78, 5) is 11.9. The molecule has 8 nitrogen and oxygen atoms in total. The summed E-state index contributed by atoms with van der Waals surface area (Å²) >= 11 is 0. The Morgan fingerprint density at radius 2 is 1.82 bits per heavy atom. The molecule has 150 valence electrons. The minimum atomic E-state index is -1.05. The summed E-state index contributed by atoms with van der Waals surface area (Å²) in [5.41, 5.74) is 7.12. The van der Waals surface area contributed by atoms with Crippen molar-refractivity contribution in [3.05, 3.63) is 53.6 Å². The molecule has 0 radical (unpaired) electrons. The first-order valence-corrected chi connectivity index (χ1v) is 8.85. The molecule has 1 atom stereocenters. The van der Waals surface area contributed by atoms with Gasteiger partial charge >= 0.3 is 5.97 Å². The average molecular weight is 387 g/mol. The molecule has 2 aromatic carbocycles. The summed E-state index contributed by atoms with van der Waals surface area (Å²) in [6.45, 7) is 6.09. The Hall–Kier alpha value is -3.42. The number of aliphatic carboxylic acids is 1. The minimum absolute atomic E-state index is 0.0266. The smallest absolute Gasteiger partial charge is 0.330 e. The molecule has 0 amide bonds. The Morgan fingerprint density at radius 1 is 1.18 bits per heavy atom. The number of carbonyl (C=O) groups is 1. The zero-order chi connectivity index (χ0) is 20.7. The van der Waals surface area contributed by atoms with Crippen LogP contribution in [0.25, 0.3) is 0 Å². The third-order valence-corrected chi connectivity index (χ3v) is 3.76. The first-order chi connectivity index (χ1) is 13.3. The molecule has 0 aliphatic heterocycles. The van der Waals surface area contributed by atoms with Gasteiger partial charge in [0, 0.05) is 17.3 Å². The van der Waals surface area contributed by atoms with E-state index in [9.17, 15) is 9.90 Å². The number of carboxylic acid groups (broad SMARTS) is 1. The zero-order valence-corrected chi connectivity index (χ0v) is 16.0. The second kappa shape index (κ2) is 9.50. The van der Waals surface area contributed by atoms with E-state index in [1.807, 2.05) is 20.8 Å². The molecule has 2 aromatic rings. The van der Waals surface area contributed by atoms with Gasteiger partial charge in [-0.15, -0.1) is 0 Å². The van der Waals surface area contributed by atoms with E-state index in [0.29, 0.717) is 34.9 Å². The second-order valence-electron chi connectivity index (χ2n) is 6.32. The zero-order valence-electron chi connectivity index (χ0n) is 16.0. The predicted octanol–water partition coefficient (Wildman–Crippen LogP) is 3.20. The van der Waals surface area contributed by atoms with Crippen molar-refractivity contribution in [3.8, 4) is 11.5 Å². The van der Waals surface area contributed by atoms with Crippen LogP contribution in [0.5, 0.6) is 11.5 Å². The van der Waals surface area contributed by atoms with Gasteiger partial charge in [0.1, 0.15) is 11.5 Å². The van der Waals surface area contributed by atoms with Crippen molar-refractivity contribution in [2.24, 2.45) is 10.9 Å². The van der Waals surface area contributed by atoms with E-state index in [1.54, 1.807) is 42.5 Å². The number of amidine groups is 1. The van der Waals surface area contributed by atoms with Crippen LogP contribution in [0.3, 0.4) is 0 Å². The van der Waals surface area contributed by atoms with Crippen LogP contribution in [0.1, 0.15) is 37.9 Å². The molecule has 0 aliphatic rings. The third-order valence-electron chi connectivity index (χ3n) is 3.76. The lowest BCUT2D eigenvalue weighted by molar-refractivity contribution is -0.138. The van der Waals surface area contributed by atoms with E-state index in [-0.39, 0.29) is 11.9 Å². The standard InChI is InChI=1S/C20H25N3O5/c1-4-27-16-9-14(10-17(11-16)28-12(2)3)18(20(24)25)22-15-7-5-13(6-8-15)19(21)23-26/h5-12,18,22,26H,4H2,1-3H3,(H2,21,23)(H,24,25). The molecule has 0 saturated carbocycles. The van der Waals surface area contributed by atoms with Gasteiger partial charge in [-0.1, -0.05) is 5.16 Å². The highest BCUT2D eigenvalue weighted by Crippen LogP contribution is 2.30. The van der Waals surface area contributed by atoms with Crippen LogP contribution in [0, 0.1) is 0 Å². The quantitative estimate of drug-likeness (QED) is 0.225. The van der Waals surface area contributed by atoms with Gasteiger partial charge in [-0.3, -0.25) is 0 Å². The lowest BCUT2D eigenvalue weighted by Gasteiger charge is -2.19. The van der Waals surface area contributed by atoms with Crippen LogP contribution >= 0.6 is 0 Å². The monoisotopic (exact) mass is 387 g/mol. The Bertz CT molecular complexity index is 834. The van der Waals surface area contributed by atoms with E-state index in [2.05, 4.69) is 10.5 Å². The first kappa shape index (κ1) is 20.9. The summed E-state index contributed by atoms with van der Waals surface area (Å²) in [7, 11) is 0. The molecule has 0 bridgehead atoms. The number of oxime groups is 1. The van der Waals surface area contributed by atoms with E-state index in [4.69, 9.17) is 20.4 Å². The van der Waals surface area contributed by atoms with Gasteiger partial charge in [0.15, 0.2) is 11.9 Å². The lowest BCUT2D eigenvalue weighted by atomic mass is 10.1. The van der Waals surface area contributed by atoms with Gasteiger partial charge < -0.3 is 30.8 Å². The van der Waals surface area contributed by atoms with Crippen molar-refractivity contribution >= 4 is 17.5 Å². The molecule has 0 aromatic heterocycles. The van der Waals surface area contributed by atoms with Gasteiger partial charge in [0.25, 0.3) is 0 Å². The SMILES string of the molecule is CCOc1cc(OC(C)C)cc(C(Nc2ccc(C(N)=NO)cc2)C(=O)O)c1. The summed E-state index contributed by atoms with van der Waals surface area (Å²) < 4.78 is 11.3. The van der Waals surface area contributed by atoms with Gasteiger partial charge in [-0.05, 0) is 62.7 Å². The molecule has 5 N–H and O–H groups in total. The number of ether oxygens (including phenoxy) is 2. The van der Waals surface area contributed by atoms with Gasteiger partial charge in [0.05, 0.1) is 12.7 Å².